The zero-order valence-electron chi connectivity index (χ0n) is 18.4. The van der Waals surface area contributed by atoms with E-state index in [1.54, 1.807) is 25.7 Å². The molecule has 1 aromatic carbocycles. The van der Waals surface area contributed by atoms with Gasteiger partial charge in [-0.3, -0.25) is 4.90 Å². The van der Waals surface area contributed by atoms with E-state index < -0.39 is 17.8 Å². The monoisotopic (exact) mass is 433 g/mol. The summed E-state index contributed by atoms with van der Waals surface area (Å²) in [6, 6.07) is 9.84. The minimum Gasteiger partial charge on any atom is -0.445 e. The van der Waals surface area contributed by atoms with Gasteiger partial charge in [-0.2, -0.15) is 0 Å². The van der Waals surface area contributed by atoms with E-state index in [0.717, 1.165) is 5.56 Å². The molecule has 1 atom stereocenters. The van der Waals surface area contributed by atoms with Gasteiger partial charge in [0.05, 0.1) is 6.04 Å². The average Bonchev–Trinajstić information content (AvgIpc) is 3.15. The molecule has 9 heteroatoms. The number of hydrogen-bond acceptors (Lipinski definition) is 6. The fourth-order valence-corrected chi connectivity index (χ4v) is 2.26. The van der Waals surface area contributed by atoms with Crippen molar-refractivity contribution in [3.63, 3.8) is 0 Å². The van der Waals surface area contributed by atoms with Gasteiger partial charge in [0.1, 0.15) is 18.8 Å². The highest BCUT2D eigenvalue weighted by Crippen LogP contribution is 2.11. The highest BCUT2D eigenvalue weighted by atomic mass is 16.6. The number of carbonyl (C=O) groups is 3. The van der Waals surface area contributed by atoms with Crippen LogP contribution in [0, 0.1) is 0 Å². The molecule has 2 rings (SSSR count). The van der Waals surface area contributed by atoms with Crippen molar-refractivity contribution in [2.24, 2.45) is 0 Å². The van der Waals surface area contributed by atoms with E-state index in [1.165, 1.54) is 6.08 Å². The molecule has 0 aliphatic carbocycles. The molecule has 0 aromatic heterocycles. The van der Waals surface area contributed by atoms with E-state index in [2.05, 4.69) is 11.3 Å². The third-order valence-corrected chi connectivity index (χ3v) is 3.65. The lowest BCUT2D eigenvalue weighted by atomic mass is 10.2. The summed E-state index contributed by atoms with van der Waals surface area (Å²) in [6.45, 7) is 11.5. The molecule has 3 amide bonds. The Kier molecular flexibility index (Phi) is 10.7. The van der Waals surface area contributed by atoms with E-state index in [4.69, 9.17) is 9.47 Å². The predicted molar refractivity (Wildman–Crippen MR) is 116 cm³/mol. The summed E-state index contributed by atoms with van der Waals surface area (Å²) in [5, 5.41) is 0. The lowest BCUT2D eigenvalue weighted by Gasteiger charge is -2.20. The van der Waals surface area contributed by atoms with Crippen molar-refractivity contribution < 1.29 is 28.6 Å². The Labute approximate surface area is 183 Å². The first-order valence-corrected chi connectivity index (χ1v) is 9.79. The molecule has 0 spiro atoms. The molecule has 0 saturated carbocycles. The second-order valence-electron chi connectivity index (χ2n) is 7.50. The summed E-state index contributed by atoms with van der Waals surface area (Å²) >= 11 is 0. The largest absolute Gasteiger partial charge is 0.445 e. The molecular formula is C22H31N3O6. The van der Waals surface area contributed by atoms with Crippen LogP contribution in [0.15, 0.2) is 55.1 Å². The lowest BCUT2D eigenvalue weighted by molar-refractivity contribution is 0.0489. The minimum atomic E-state index is -0.777. The standard InChI is InChI=1S/C13H15NO2.C9H16N2O4/c1-11-6-5-9-14(11)13(15)16-10-12-7-3-2-4-8-12;1-5-6-14-7(12)10-11-8(13)15-9(2,3)4/h2-8,11H,9-10H2,1H3;5H,1,6H2,2-4H3,(H,10,12)(H,11,13). The number of hydrazine groups is 1. The molecular weight excluding hydrogens is 402 g/mol. The molecule has 170 valence electrons. The summed E-state index contributed by atoms with van der Waals surface area (Å²) < 4.78 is 14.6. The molecule has 1 unspecified atom stereocenters. The fraction of sp³-hybridized carbons (Fsp3) is 0.409. The average molecular weight is 434 g/mol. The molecule has 0 fully saturated rings. The molecule has 2 N–H and O–H groups in total. The van der Waals surface area contributed by atoms with E-state index in [1.807, 2.05) is 60.3 Å². The zero-order chi connectivity index (χ0) is 23.3. The van der Waals surface area contributed by atoms with Gasteiger partial charge >= 0.3 is 18.3 Å². The van der Waals surface area contributed by atoms with Gasteiger partial charge in [0.2, 0.25) is 0 Å². The third kappa shape index (κ3) is 11.3. The number of nitrogens with zero attached hydrogens (tertiary/aromatic N) is 1. The Morgan fingerprint density at radius 2 is 1.77 bits per heavy atom. The SMILES string of the molecule is C=CCOC(=O)NNC(=O)OC(C)(C)C.CC1C=CCN1C(=O)OCc1ccccc1. The van der Waals surface area contributed by atoms with Gasteiger partial charge in [-0.1, -0.05) is 55.1 Å². The van der Waals surface area contributed by atoms with Gasteiger partial charge in [-0.25, -0.2) is 25.2 Å². The van der Waals surface area contributed by atoms with Crippen molar-refractivity contribution in [2.75, 3.05) is 13.2 Å². The number of nitrogens with one attached hydrogen (secondary N) is 2. The van der Waals surface area contributed by atoms with Gasteiger partial charge in [-0.15, -0.1) is 0 Å². The van der Waals surface area contributed by atoms with Crippen LogP contribution in [-0.2, 0) is 20.8 Å². The van der Waals surface area contributed by atoms with Crippen LogP contribution >= 0.6 is 0 Å². The maximum Gasteiger partial charge on any atom is 0.426 e. The predicted octanol–water partition coefficient (Wildman–Crippen LogP) is 3.92. The summed E-state index contributed by atoms with van der Waals surface area (Å²) in [5.74, 6) is 0. The lowest BCUT2D eigenvalue weighted by Crippen LogP contribution is -2.44. The van der Waals surface area contributed by atoms with E-state index in [0.29, 0.717) is 13.2 Å². The Morgan fingerprint density at radius 1 is 1.13 bits per heavy atom. The first-order valence-electron chi connectivity index (χ1n) is 9.79. The molecule has 1 aliphatic heterocycles. The molecule has 1 aromatic rings. The Hall–Kier alpha value is -3.49. The van der Waals surface area contributed by atoms with Crippen LogP contribution in [0.4, 0.5) is 14.4 Å². The summed E-state index contributed by atoms with van der Waals surface area (Å²) in [7, 11) is 0. The Bertz CT molecular complexity index is 758. The number of benzene rings is 1. The first-order chi connectivity index (χ1) is 14.6. The highest BCUT2D eigenvalue weighted by Gasteiger charge is 2.22. The van der Waals surface area contributed by atoms with E-state index in [9.17, 15) is 14.4 Å². The Balaban J connectivity index is 0.000000311. The van der Waals surface area contributed by atoms with Crippen molar-refractivity contribution in [1.82, 2.24) is 15.8 Å². The molecule has 31 heavy (non-hydrogen) atoms. The molecule has 1 aliphatic rings. The summed E-state index contributed by atoms with van der Waals surface area (Å²) in [5.41, 5.74) is 4.43. The highest BCUT2D eigenvalue weighted by molar-refractivity contribution is 5.73. The van der Waals surface area contributed by atoms with Crippen molar-refractivity contribution in [3.8, 4) is 0 Å². The number of carbonyl (C=O) groups excluding carboxylic acids is 3. The quantitative estimate of drug-likeness (QED) is 0.423. The topological polar surface area (TPSA) is 106 Å². The van der Waals surface area contributed by atoms with Crippen LogP contribution in [0.1, 0.15) is 33.3 Å². The normalized spacial score (nSPS) is 14.6. The van der Waals surface area contributed by atoms with Crippen molar-refractivity contribution in [2.45, 2.75) is 45.9 Å². The molecule has 0 saturated heterocycles. The van der Waals surface area contributed by atoms with E-state index in [-0.39, 0.29) is 18.7 Å². The minimum absolute atomic E-state index is 0.0713. The van der Waals surface area contributed by atoms with Crippen LogP contribution < -0.4 is 10.9 Å². The fourth-order valence-electron chi connectivity index (χ4n) is 2.26. The number of amides is 3. The summed E-state index contributed by atoms with van der Waals surface area (Å²) in [6.07, 6.45) is 3.62. The van der Waals surface area contributed by atoms with Gasteiger partial charge in [0, 0.05) is 6.54 Å². The zero-order valence-corrected chi connectivity index (χ0v) is 18.4. The van der Waals surface area contributed by atoms with Gasteiger partial charge in [0.15, 0.2) is 0 Å². The van der Waals surface area contributed by atoms with Gasteiger partial charge < -0.3 is 14.2 Å². The number of rotatable bonds is 4. The van der Waals surface area contributed by atoms with Crippen molar-refractivity contribution in [1.29, 1.82) is 0 Å². The molecule has 0 bridgehead atoms. The maximum absolute atomic E-state index is 11.7. The first kappa shape index (κ1) is 25.5. The third-order valence-electron chi connectivity index (χ3n) is 3.65. The maximum atomic E-state index is 11.7. The van der Waals surface area contributed by atoms with Crippen LogP contribution in [0.3, 0.4) is 0 Å². The number of hydrogen-bond donors (Lipinski definition) is 2. The second kappa shape index (κ2) is 12.9. The Morgan fingerprint density at radius 3 is 2.32 bits per heavy atom. The van der Waals surface area contributed by atoms with Gasteiger partial charge in [0.25, 0.3) is 0 Å². The van der Waals surface area contributed by atoms with E-state index >= 15 is 0 Å². The molecule has 0 radical (unpaired) electrons. The molecule has 1 heterocycles. The van der Waals surface area contributed by atoms with Gasteiger partial charge in [-0.05, 0) is 33.3 Å². The summed E-state index contributed by atoms with van der Waals surface area (Å²) in [4.78, 5) is 35.2. The number of ether oxygens (including phenoxy) is 3. The van der Waals surface area contributed by atoms with Crippen molar-refractivity contribution >= 4 is 18.3 Å². The smallest absolute Gasteiger partial charge is 0.426 e. The van der Waals surface area contributed by atoms with Crippen LogP contribution in [0.2, 0.25) is 0 Å². The van der Waals surface area contributed by atoms with Crippen LogP contribution in [0.5, 0.6) is 0 Å². The van der Waals surface area contributed by atoms with Crippen LogP contribution in [0.25, 0.3) is 0 Å². The van der Waals surface area contributed by atoms with Crippen LogP contribution in [-0.4, -0.2) is 48.0 Å². The second-order valence-corrected chi connectivity index (χ2v) is 7.50. The molecule has 9 nitrogen and oxygen atoms in total. The van der Waals surface area contributed by atoms with Crippen molar-refractivity contribution in [3.05, 3.63) is 60.7 Å².